The van der Waals surface area contributed by atoms with Gasteiger partial charge in [-0.3, -0.25) is 4.68 Å². The lowest BCUT2D eigenvalue weighted by molar-refractivity contribution is 0.0697. The fourth-order valence-corrected chi connectivity index (χ4v) is 4.99. The second-order valence-corrected chi connectivity index (χ2v) is 10.9. The summed E-state index contributed by atoms with van der Waals surface area (Å²) in [6.45, 7) is 12.4. The molecule has 2 aromatic carbocycles. The van der Waals surface area contributed by atoms with Crippen molar-refractivity contribution in [2.24, 2.45) is 0 Å². The third kappa shape index (κ3) is 5.16. The number of hydrogen-bond donors (Lipinski definition) is 1. The molecule has 4 heteroatoms. The Morgan fingerprint density at radius 1 is 1.00 bits per heavy atom. The molecule has 4 rings (SSSR count). The molecule has 3 aromatic rings. The van der Waals surface area contributed by atoms with Crippen molar-refractivity contribution in [3.05, 3.63) is 87.7 Å². The van der Waals surface area contributed by atoms with E-state index in [1.54, 1.807) is 12.1 Å². The third-order valence-corrected chi connectivity index (χ3v) is 7.33. The highest BCUT2D eigenvalue weighted by Crippen LogP contribution is 2.46. The molecule has 1 aliphatic carbocycles. The molecule has 178 valence electrons. The van der Waals surface area contributed by atoms with Crippen LogP contribution in [-0.4, -0.2) is 20.9 Å². The fraction of sp³-hybridized carbons (Fsp3) is 0.400. The number of aromatic carboxylic acids is 1. The number of benzene rings is 2. The minimum Gasteiger partial charge on any atom is -0.478 e. The van der Waals surface area contributed by atoms with Crippen LogP contribution in [0.4, 0.5) is 0 Å². The van der Waals surface area contributed by atoms with Crippen LogP contribution >= 0.6 is 0 Å². The predicted octanol–water partition coefficient (Wildman–Crippen LogP) is 7.04. The highest BCUT2D eigenvalue weighted by Gasteiger charge is 2.37. The maximum Gasteiger partial charge on any atom is 0.335 e. The minimum absolute atomic E-state index is 0.154. The average Bonchev–Trinajstić information content (AvgIpc) is 3.21. The van der Waals surface area contributed by atoms with Gasteiger partial charge < -0.3 is 5.11 Å². The lowest BCUT2D eigenvalue weighted by Crippen LogP contribution is -2.34. The Labute approximate surface area is 203 Å². The predicted molar refractivity (Wildman–Crippen MR) is 139 cm³/mol. The largest absolute Gasteiger partial charge is 0.478 e. The van der Waals surface area contributed by atoms with Gasteiger partial charge in [0.2, 0.25) is 0 Å². The maximum atomic E-state index is 11.2. The summed E-state index contributed by atoms with van der Waals surface area (Å²) in [5, 5.41) is 13.7. The lowest BCUT2D eigenvalue weighted by Gasteiger charge is -2.42. The summed E-state index contributed by atoms with van der Waals surface area (Å²) in [5.41, 5.74) is 8.25. The molecule has 0 spiro atoms. The van der Waals surface area contributed by atoms with E-state index in [1.165, 1.54) is 35.1 Å². The summed E-state index contributed by atoms with van der Waals surface area (Å²) < 4.78 is 2.03. The number of carboxylic acids is 1. The van der Waals surface area contributed by atoms with E-state index in [4.69, 9.17) is 5.11 Å². The van der Waals surface area contributed by atoms with Crippen LogP contribution in [0.2, 0.25) is 0 Å². The van der Waals surface area contributed by atoms with Crippen molar-refractivity contribution in [1.29, 1.82) is 0 Å². The van der Waals surface area contributed by atoms with E-state index in [9.17, 15) is 4.79 Å². The molecule has 1 N–H and O–H groups in total. The van der Waals surface area contributed by atoms with Gasteiger partial charge in [0.1, 0.15) is 0 Å². The van der Waals surface area contributed by atoms with E-state index < -0.39 is 5.97 Å². The van der Waals surface area contributed by atoms with E-state index in [0.29, 0.717) is 5.56 Å². The molecule has 0 bridgehead atoms. The molecule has 1 heterocycles. The number of carboxylic acid groups (broad SMARTS) is 1. The first-order chi connectivity index (χ1) is 16.0. The van der Waals surface area contributed by atoms with Crippen molar-refractivity contribution in [2.45, 2.75) is 77.7 Å². The Bertz CT molecular complexity index is 1210. The summed E-state index contributed by atoms with van der Waals surface area (Å²) in [6.07, 6.45) is 10.7. The van der Waals surface area contributed by atoms with Gasteiger partial charge in [-0.25, -0.2) is 4.79 Å². The quantitative estimate of drug-likeness (QED) is 0.388. The standard InChI is InChI=1S/C30H36N2O2/c1-21-14-18-32(31-21)17-6-7-24-19-26-27(30(4,5)16-15-29(26,2)3)20-25(24)13-10-22-8-11-23(12-9-22)28(33)34/h8-14,18-20H,6-7,15-17H2,1-5H3,(H,33,34)/b13-10+. The number of fused-ring (bicyclic) bond motifs is 1. The van der Waals surface area contributed by atoms with Crippen LogP contribution in [0.15, 0.2) is 48.7 Å². The molecule has 0 radical (unpaired) electrons. The molecular weight excluding hydrogens is 420 g/mol. The monoisotopic (exact) mass is 456 g/mol. The number of nitrogens with zero attached hydrogens (tertiary/aromatic N) is 2. The second-order valence-electron chi connectivity index (χ2n) is 10.9. The smallest absolute Gasteiger partial charge is 0.335 e. The Kier molecular flexibility index (Phi) is 6.53. The lowest BCUT2D eigenvalue weighted by atomic mass is 9.62. The van der Waals surface area contributed by atoms with Gasteiger partial charge in [-0.05, 0) is 89.5 Å². The Morgan fingerprint density at radius 2 is 1.65 bits per heavy atom. The zero-order chi connectivity index (χ0) is 24.5. The van der Waals surface area contributed by atoms with Crippen LogP contribution in [0.3, 0.4) is 0 Å². The highest BCUT2D eigenvalue weighted by molar-refractivity contribution is 5.88. The van der Waals surface area contributed by atoms with E-state index in [0.717, 1.165) is 30.6 Å². The molecule has 0 saturated heterocycles. The van der Waals surface area contributed by atoms with Crippen LogP contribution in [0.5, 0.6) is 0 Å². The molecule has 0 unspecified atom stereocenters. The molecular formula is C30H36N2O2. The van der Waals surface area contributed by atoms with Gasteiger partial charge in [0.05, 0.1) is 11.3 Å². The molecule has 0 amide bonds. The molecule has 4 nitrogen and oxygen atoms in total. The minimum atomic E-state index is -0.898. The average molecular weight is 457 g/mol. The molecule has 0 aliphatic heterocycles. The second kappa shape index (κ2) is 9.25. The zero-order valence-electron chi connectivity index (χ0n) is 21.1. The van der Waals surface area contributed by atoms with Gasteiger partial charge in [0, 0.05) is 12.7 Å². The Morgan fingerprint density at radius 3 is 2.24 bits per heavy atom. The van der Waals surface area contributed by atoms with Crippen molar-refractivity contribution in [3.8, 4) is 0 Å². The van der Waals surface area contributed by atoms with E-state index in [-0.39, 0.29) is 10.8 Å². The van der Waals surface area contributed by atoms with Crippen LogP contribution in [0.25, 0.3) is 12.2 Å². The summed E-state index contributed by atoms with van der Waals surface area (Å²) in [7, 11) is 0. The first-order valence-electron chi connectivity index (χ1n) is 12.2. The van der Waals surface area contributed by atoms with Crippen LogP contribution in [0.1, 0.15) is 90.8 Å². The topological polar surface area (TPSA) is 55.1 Å². The highest BCUT2D eigenvalue weighted by atomic mass is 16.4. The van der Waals surface area contributed by atoms with Gasteiger partial charge in [-0.2, -0.15) is 5.10 Å². The summed E-state index contributed by atoms with van der Waals surface area (Å²) in [5.74, 6) is -0.898. The van der Waals surface area contributed by atoms with Crippen molar-refractivity contribution in [2.75, 3.05) is 0 Å². The van der Waals surface area contributed by atoms with Crippen molar-refractivity contribution in [3.63, 3.8) is 0 Å². The number of rotatable bonds is 7. The van der Waals surface area contributed by atoms with Crippen molar-refractivity contribution >= 4 is 18.1 Å². The summed E-state index contributed by atoms with van der Waals surface area (Å²) in [6, 6.07) is 14.0. The molecule has 0 fully saturated rings. The SMILES string of the molecule is Cc1ccn(CCCc2cc3c(cc2/C=C/c2ccc(C(=O)O)cc2)C(C)(C)CCC3(C)C)n1. The van der Waals surface area contributed by atoms with Gasteiger partial charge in [0.25, 0.3) is 0 Å². The number of aromatic nitrogens is 2. The maximum absolute atomic E-state index is 11.2. The van der Waals surface area contributed by atoms with E-state index in [2.05, 4.69) is 63.3 Å². The number of aryl methyl sites for hydroxylation is 3. The first-order valence-corrected chi connectivity index (χ1v) is 12.2. The Balaban J connectivity index is 1.67. The van der Waals surface area contributed by atoms with Gasteiger partial charge >= 0.3 is 5.97 Å². The van der Waals surface area contributed by atoms with Gasteiger partial charge in [0.15, 0.2) is 0 Å². The summed E-state index contributed by atoms with van der Waals surface area (Å²) in [4.78, 5) is 11.2. The molecule has 34 heavy (non-hydrogen) atoms. The number of carbonyl (C=O) groups is 1. The molecule has 0 atom stereocenters. The van der Waals surface area contributed by atoms with Crippen LogP contribution < -0.4 is 0 Å². The first kappa shape index (κ1) is 24.0. The molecule has 1 aromatic heterocycles. The van der Waals surface area contributed by atoms with Gasteiger partial charge in [-0.15, -0.1) is 0 Å². The van der Waals surface area contributed by atoms with E-state index in [1.807, 2.05) is 29.8 Å². The van der Waals surface area contributed by atoms with Crippen LogP contribution in [0, 0.1) is 6.92 Å². The fourth-order valence-electron chi connectivity index (χ4n) is 4.99. The summed E-state index contributed by atoms with van der Waals surface area (Å²) >= 11 is 0. The normalized spacial score (nSPS) is 16.5. The van der Waals surface area contributed by atoms with E-state index >= 15 is 0 Å². The van der Waals surface area contributed by atoms with Crippen molar-refractivity contribution in [1.82, 2.24) is 9.78 Å². The van der Waals surface area contributed by atoms with Crippen LogP contribution in [-0.2, 0) is 23.8 Å². The molecule has 0 saturated carbocycles. The molecule has 1 aliphatic rings. The Hall–Kier alpha value is -3.14. The third-order valence-electron chi connectivity index (χ3n) is 7.33. The number of hydrogen-bond acceptors (Lipinski definition) is 2. The van der Waals surface area contributed by atoms with Crippen molar-refractivity contribution < 1.29 is 9.90 Å². The van der Waals surface area contributed by atoms with Gasteiger partial charge in [-0.1, -0.05) is 64.1 Å². The zero-order valence-corrected chi connectivity index (χ0v) is 21.1.